The number of nitrogens with zero attached hydrogens (tertiary/aromatic N) is 2. The first-order chi connectivity index (χ1) is 16.9. The maximum Gasteiger partial charge on any atom is 0.295 e. The monoisotopic (exact) mass is 482 g/mol. The highest BCUT2D eigenvalue weighted by Gasteiger charge is 2.47. The standard InChI is InChI=1S/C27H34N2O6/c1-6-28(7-2)15-10-16-29-23(20-13-9-14-21(34-4)26(20)35-5)22(25(31)27(29)32)24(30)18-11-8-12-19(17-18)33-3/h8-9,11-14,17,23,30H,6-7,10,15-16H2,1-5H3/b24-22-. The minimum Gasteiger partial charge on any atom is -0.507 e. The third-order valence-corrected chi connectivity index (χ3v) is 6.38. The number of aliphatic hydroxyl groups excluding tert-OH is 1. The van der Waals surface area contributed by atoms with E-state index in [1.165, 1.54) is 26.2 Å². The lowest BCUT2D eigenvalue weighted by molar-refractivity contribution is -0.140. The molecule has 1 unspecified atom stereocenters. The molecule has 1 amide bonds. The lowest BCUT2D eigenvalue weighted by atomic mass is 9.94. The van der Waals surface area contributed by atoms with Crippen molar-refractivity contribution in [3.8, 4) is 17.2 Å². The summed E-state index contributed by atoms with van der Waals surface area (Å²) in [4.78, 5) is 30.3. The van der Waals surface area contributed by atoms with Crippen LogP contribution in [-0.4, -0.2) is 74.1 Å². The Hall–Kier alpha value is -3.52. The van der Waals surface area contributed by atoms with Gasteiger partial charge in [-0.2, -0.15) is 0 Å². The second-order valence-corrected chi connectivity index (χ2v) is 8.19. The van der Waals surface area contributed by atoms with E-state index in [-0.39, 0.29) is 11.3 Å². The molecule has 1 aliphatic rings. The van der Waals surface area contributed by atoms with Crippen molar-refractivity contribution >= 4 is 17.4 Å². The zero-order valence-corrected chi connectivity index (χ0v) is 21.0. The summed E-state index contributed by atoms with van der Waals surface area (Å²) in [7, 11) is 4.56. The predicted molar refractivity (Wildman–Crippen MR) is 134 cm³/mol. The topological polar surface area (TPSA) is 88.5 Å². The van der Waals surface area contributed by atoms with Gasteiger partial charge in [0.15, 0.2) is 11.5 Å². The van der Waals surface area contributed by atoms with Crippen molar-refractivity contribution in [2.24, 2.45) is 0 Å². The number of aliphatic hydroxyl groups is 1. The number of hydrogen-bond donors (Lipinski definition) is 1. The number of rotatable bonds is 11. The number of amides is 1. The summed E-state index contributed by atoms with van der Waals surface area (Å²) in [6, 6.07) is 11.2. The lowest BCUT2D eigenvalue weighted by Crippen LogP contribution is -2.33. The maximum atomic E-state index is 13.3. The summed E-state index contributed by atoms with van der Waals surface area (Å²) in [5.41, 5.74) is 0.966. The average Bonchev–Trinajstić information content (AvgIpc) is 3.14. The summed E-state index contributed by atoms with van der Waals surface area (Å²) in [5, 5.41) is 11.3. The highest BCUT2D eigenvalue weighted by molar-refractivity contribution is 6.46. The fraction of sp³-hybridized carbons (Fsp3) is 0.407. The second-order valence-electron chi connectivity index (χ2n) is 8.19. The van der Waals surface area contributed by atoms with Gasteiger partial charge in [-0.1, -0.05) is 38.1 Å². The smallest absolute Gasteiger partial charge is 0.295 e. The van der Waals surface area contributed by atoms with Gasteiger partial charge in [0.1, 0.15) is 11.5 Å². The Morgan fingerprint density at radius 1 is 1.00 bits per heavy atom. The Kier molecular flexibility index (Phi) is 8.76. The van der Waals surface area contributed by atoms with Crippen molar-refractivity contribution in [2.75, 3.05) is 47.5 Å². The number of Topliss-reactive ketones (excluding diaryl/α,β-unsaturated/α-hetero) is 1. The fourth-order valence-corrected chi connectivity index (χ4v) is 4.49. The molecule has 3 rings (SSSR count). The minimum absolute atomic E-state index is 0.0117. The van der Waals surface area contributed by atoms with Crippen LogP contribution in [0.5, 0.6) is 17.2 Å². The van der Waals surface area contributed by atoms with Crippen LogP contribution in [0.25, 0.3) is 5.76 Å². The van der Waals surface area contributed by atoms with E-state index < -0.39 is 17.7 Å². The van der Waals surface area contributed by atoms with Crippen LogP contribution in [0.3, 0.4) is 0 Å². The van der Waals surface area contributed by atoms with Crippen molar-refractivity contribution in [1.29, 1.82) is 0 Å². The van der Waals surface area contributed by atoms with Gasteiger partial charge in [0, 0.05) is 17.7 Å². The van der Waals surface area contributed by atoms with E-state index in [1.54, 1.807) is 42.5 Å². The van der Waals surface area contributed by atoms with Crippen molar-refractivity contribution in [3.63, 3.8) is 0 Å². The molecule has 0 saturated carbocycles. The maximum absolute atomic E-state index is 13.3. The molecular formula is C27H34N2O6. The van der Waals surface area contributed by atoms with Crippen LogP contribution in [0, 0.1) is 0 Å². The molecule has 1 fully saturated rings. The number of hydrogen-bond acceptors (Lipinski definition) is 7. The number of likely N-dealkylation sites (tertiary alicyclic amines) is 1. The number of carbonyl (C=O) groups is 2. The molecule has 0 bridgehead atoms. The van der Waals surface area contributed by atoms with Crippen LogP contribution in [-0.2, 0) is 9.59 Å². The van der Waals surface area contributed by atoms with E-state index in [9.17, 15) is 14.7 Å². The molecule has 1 atom stereocenters. The van der Waals surface area contributed by atoms with Crippen LogP contribution < -0.4 is 14.2 Å². The highest BCUT2D eigenvalue weighted by Crippen LogP contribution is 2.45. The van der Waals surface area contributed by atoms with Gasteiger partial charge in [0.05, 0.1) is 32.9 Å². The van der Waals surface area contributed by atoms with Crippen molar-refractivity contribution < 1.29 is 28.9 Å². The highest BCUT2D eigenvalue weighted by atomic mass is 16.5. The molecule has 188 valence electrons. The SMILES string of the molecule is CCN(CC)CCCN1C(=O)C(=O)/C(=C(\O)c2cccc(OC)c2)C1c1cccc(OC)c1OC. The minimum atomic E-state index is -0.831. The fourth-order valence-electron chi connectivity index (χ4n) is 4.49. The average molecular weight is 483 g/mol. The van der Waals surface area contributed by atoms with E-state index >= 15 is 0 Å². The molecule has 0 radical (unpaired) electrons. The van der Waals surface area contributed by atoms with E-state index in [1.807, 2.05) is 0 Å². The third kappa shape index (κ3) is 5.27. The van der Waals surface area contributed by atoms with Crippen molar-refractivity contribution in [2.45, 2.75) is 26.3 Å². The molecule has 1 saturated heterocycles. The van der Waals surface area contributed by atoms with Gasteiger partial charge in [-0.25, -0.2) is 0 Å². The molecule has 0 aromatic heterocycles. The largest absolute Gasteiger partial charge is 0.507 e. The Morgan fingerprint density at radius 2 is 1.71 bits per heavy atom. The molecule has 8 heteroatoms. The van der Waals surface area contributed by atoms with Crippen molar-refractivity contribution in [1.82, 2.24) is 9.80 Å². The second kappa shape index (κ2) is 11.8. The molecule has 2 aromatic carbocycles. The Bertz CT molecular complexity index is 1090. The van der Waals surface area contributed by atoms with E-state index in [4.69, 9.17) is 14.2 Å². The number of methoxy groups -OCH3 is 3. The zero-order valence-electron chi connectivity index (χ0n) is 21.0. The van der Waals surface area contributed by atoms with Gasteiger partial charge in [-0.15, -0.1) is 0 Å². The van der Waals surface area contributed by atoms with Crippen LogP contribution in [0.15, 0.2) is 48.0 Å². The molecular weight excluding hydrogens is 448 g/mol. The van der Waals surface area contributed by atoms with E-state index in [0.717, 1.165) is 19.6 Å². The van der Waals surface area contributed by atoms with Gasteiger partial charge in [0.25, 0.3) is 11.7 Å². The number of carbonyl (C=O) groups excluding carboxylic acids is 2. The molecule has 35 heavy (non-hydrogen) atoms. The first-order valence-electron chi connectivity index (χ1n) is 11.8. The third-order valence-electron chi connectivity index (χ3n) is 6.38. The quantitative estimate of drug-likeness (QED) is 0.296. The molecule has 0 aliphatic carbocycles. The molecule has 1 aliphatic heterocycles. The number of ketones is 1. The van der Waals surface area contributed by atoms with Crippen LogP contribution >= 0.6 is 0 Å². The molecule has 8 nitrogen and oxygen atoms in total. The molecule has 2 aromatic rings. The summed E-state index contributed by atoms with van der Waals surface area (Å²) in [5.74, 6) is -0.236. The first kappa shape index (κ1) is 26.1. The number of ether oxygens (including phenoxy) is 3. The van der Waals surface area contributed by atoms with E-state index in [0.29, 0.717) is 41.3 Å². The Morgan fingerprint density at radius 3 is 2.34 bits per heavy atom. The number of benzene rings is 2. The van der Waals surface area contributed by atoms with Gasteiger partial charge < -0.3 is 29.1 Å². The Labute approximate surface area is 206 Å². The molecule has 1 heterocycles. The first-order valence-corrected chi connectivity index (χ1v) is 11.8. The van der Waals surface area contributed by atoms with Gasteiger partial charge in [-0.05, 0) is 44.3 Å². The Balaban J connectivity index is 2.15. The van der Waals surface area contributed by atoms with E-state index in [2.05, 4.69) is 18.7 Å². The van der Waals surface area contributed by atoms with Crippen molar-refractivity contribution in [3.05, 3.63) is 59.2 Å². The molecule has 0 spiro atoms. The van der Waals surface area contributed by atoms with Crippen LogP contribution in [0.2, 0.25) is 0 Å². The van der Waals surface area contributed by atoms with Crippen LogP contribution in [0.4, 0.5) is 0 Å². The normalized spacial score (nSPS) is 17.2. The molecule has 1 N–H and O–H groups in total. The number of para-hydroxylation sites is 1. The summed E-state index contributed by atoms with van der Waals surface area (Å²) < 4.78 is 16.4. The summed E-state index contributed by atoms with van der Waals surface area (Å²) >= 11 is 0. The predicted octanol–water partition coefficient (Wildman–Crippen LogP) is 3.87. The lowest BCUT2D eigenvalue weighted by Gasteiger charge is -2.28. The zero-order chi connectivity index (χ0) is 25.5. The summed E-state index contributed by atoms with van der Waals surface area (Å²) in [6.45, 7) is 7.11. The van der Waals surface area contributed by atoms with Gasteiger partial charge in [-0.3, -0.25) is 9.59 Å². The van der Waals surface area contributed by atoms with Gasteiger partial charge in [0.2, 0.25) is 0 Å². The summed E-state index contributed by atoms with van der Waals surface area (Å²) in [6.07, 6.45) is 0.677. The van der Waals surface area contributed by atoms with Gasteiger partial charge >= 0.3 is 0 Å². The van der Waals surface area contributed by atoms with Crippen LogP contribution in [0.1, 0.15) is 37.4 Å².